The Hall–Kier alpha value is -1.43. The lowest BCUT2D eigenvalue weighted by Crippen LogP contribution is -2.11. The van der Waals surface area contributed by atoms with Crippen LogP contribution < -0.4 is 5.73 Å². The number of alkyl halides is 3. The van der Waals surface area contributed by atoms with Crippen molar-refractivity contribution in [2.75, 3.05) is 12.8 Å². The molecule has 1 aromatic rings. The van der Waals surface area contributed by atoms with Gasteiger partial charge >= 0.3 is 5.97 Å². The first-order chi connectivity index (χ1) is 7.51. The number of nitrogens with two attached hydrogens (primary N) is 1. The van der Waals surface area contributed by atoms with E-state index in [2.05, 4.69) is 9.72 Å². The second-order valence-corrected chi connectivity index (χ2v) is 3.16. The Bertz CT molecular complexity index is 413. The Morgan fingerprint density at radius 2 is 2.31 bits per heavy atom. The topological polar surface area (TPSA) is 65.2 Å². The summed E-state index contributed by atoms with van der Waals surface area (Å²) in [6.07, 6.45) is -2.87. The highest BCUT2D eigenvalue weighted by molar-refractivity contribution is 6.17. The number of esters is 1. The molecule has 0 amide bonds. The van der Waals surface area contributed by atoms with Gasteiger partial charge in [0.05, 0.1) is 12.8 Å². The zero-order valence-electron chi connectivity index (χ0n) is 8.34. The van der Waals surface area contributed by atoms with Crippen LogP contribution in [0.4, 0.5) is 14.5 Å². The van der Waals surface area contributed by atoms with Crippen molar-refractivity contribution in [2.24, 2.45) is 0 Å². The molecule has 0 unspecified atom stereocenters. The molecule has 0 aliphatic heterocycles. The van der Waals surface area contributed by atoms with Gasteiger partial charge in [-0.15, -0.1) is 11.6 Å². The predicted molar refractivity (Wildman–Crippen MR) is 54.5 cm³/mol. The minimum absolute atomic E-state index is 0.0853. The number of carbonyl (C=O) groups is 1. The minimum atomic E-state index is -2.87. The predicted octanol–water partition coefficient (Wildman–Crippen LogP) is 2.13. The first-order valence-corrected chi connectivity index (χ1v) is 4.76. The quantitative estimate of drug-likeness (QED) is 0.659. The van der Waals surface area contributed by atoms with Gasteiger partial charge in [0.15, 0.2) is 0 Å². The van der Waals surface area contributed by atoms with Gasteiger partial charge in [0, 0.05) is 5.88 Å². The fraction of sp³-hybridized carbons (Fsp3) is 0.333. The van der Waals surface area contributed by atoms with Gasteiger partial charge in [0.2, 0.25) is 0 Å². The number of carbonyl (C=O) groups excluding carboxylic acids is 1. The van der Waals surface area contributed by atoms with Crippen LogP contribution in [-0.2, 0) is 10.6 Å². The molecule has 0 saturated heterocycles. The zero-order valence-corrected chi connectivity index (χ0v) is 9.09. The third kappa shape index (κ3) is 2.38. The molecule has 0 radical (unpaired) electrons. The van der Waals surface area contributed by atoms with Crippen molar-refractivity contribution in [3.63, 3.8) is 0 Å². The van der Waals surface area contributed by atoms with Crippen molar-refractivity contribution in [3.8, 4) is 0 Å². The molecular formula is C9H9ClF2N2O2. The van der Waals surface area contributed by atoms with Crippen molar-refractivity contribution in [1.29, 1.82) is 0 Å². The molecule has 0 aliphatic rings. The van der Waals surface area contributed by atoms with E-state index in [0.29, 0.717) is 0 Å². The van der Waals surface area contributed by atoms with Crippen molar-refractivity contribution in [2.45, 2.75) is 12.3 Å². The summed E-state index contributed by atoms with van der Waals surface area (Å²) in [5.41, 5.74) is 4.57. The van der Waals surface area contributed by atoms with Crippen molar-refractivity contribution >= 4 is 23.3 Å². The van der Waals surface area contributed by atoms with Crippen LogP contribution in [0.5, 0.6) is 0 Å². The number of hydrogen-bond donors (Lipinski definition) is 1. The molecule has 0 saturated carbocycles. The number of nitrogen functional groups attached to an aromatic ring is 1. The van der Waals surface area contributed by atoms with Gasteiger partial charge in [0.25, 0.3) is 6.43 Å². The first-order valence-electron chi connectivity index (χ1n) is 4.23. The van der Waals surface area contributed by atoms with Crippen LogP contribution >= 0.6 is 11.6 Å². The minimum Gasteiger partial charge on any atom is -0.464 e. The normalized spacial score (nSPS) is 10.6. The van der Waals surface area contributed by atoms with Crippen LogP contribution in [0.2, 0.25) is 0 Å². The second kappa shape index (κ2) is 5.07. The summed E-state index contributed by atoms with van der Waals surface area (Å²) in [6, 6.07) is 1.24. The molecule has 4 nitrogen and oxygen atoms in total. The van der Waals surface area contributed by atoms with E-state index in [0.717, 1.165) is 7.11 Å². The summed E-state index contributed by atoms with van der Waals surface area (Å²) in [4.78, 5) is 14.6. The number of ether oxygens (including phenoxy) is 1. The van der Waals surface area contributed by atoms with E-state index >= 15 is 0 Å². The maximum absolute atomic E-state index is 12.6. The summed E-state index contributed by atoms with van der Waals surface area (Å²) in [5, 5.41) is 0. The van der Waals surface area contributed by atoms with Crippen LogP contribution in [0, 0.1) is 0 Å². The molecule has 16 heavy (non-hydrogen) atoms. The molecule has 1 aromatic heterocycles. The molecule has 0 atom stereocenters. The van der Waals surface area contributed by atoms with Gasteiger partial charge in [0.1, 0.15) is 11.4 Å². The Morgan fingerprint density at radius 1 is 1.69 bits per heavy atom. The zero-order chi connectivity index (χ0) is 12.3. The molecule has 0 fully saturated rings. The molecule has 0 aromatic carbocycles. The van der Waals surface area contributed by atoms with Gasteiger partial charge in [-0.3, -0.25) is 0 Å². The van der Waals surface area contributed by atoms with Gasteiger partial charge in [-0.25, -0.2) is 18.6 Å². The monoisotopic (exact) mass is 250 g/mol. The highest BCUT2D eigenvalue weighted by Gasteiger charge is 2.20. The summed E-state index contributed by atoms with van der Waals surface area (Å²) < 4.78 is 29.5. The third-order valence-corrected chi connectivity index (χ3v) is 2.21. The molecule has 0 aliphatic carbocycles. The molecule has 2 N–H and O–H groups in total. The Kier molecular flexibility index (Phi) is 4.00. The van der Waals surface area contributed by atoms with Crippen LogP contribution in [0.1, 0.15) is 28.2 Å². The molecule has 0 spiro atoms. The summed E-state index contributed by atoms with van der Waals surface area (Å²) in [6.45, 7) is 0. The van der Waals surface area contributed by atoms with Gasteiger partial charge < -0.3 is 10.5 Å². The average Bonchev–Trinajstić information content (AvgIpc) is 2.27. The molecule has 88 valence electrons. The van der Waals surface area contributed by atoms with Crippen LogP contribution in [-0.4, -0.2) is 18.1 Å². The fourth-order valence-electron chi connectivity index (χ4n) is 1.12. The standard InChI is InChI=1S/C9H9ClF2N2O2/c1-16-9(15)5-2-4(3-10)6(13)7(14-5)8(11)12/h2,8H,3,13H2,1H3. The van der Waals surface area contributed by atoms with Gasteiger partial charge in [-0.2, -0.15) is 0 Å². The van der Waals surface area contributed by atoms with Crippen LogP contribution in [0.15, 0.2) is 6.07 Å². The summed E-state index contributed by atoms with van der Waals surface area (Å²) >= 11 is 5.52. The van der Waals surface area contributed by atoms with Crippen molar-refractivity contribution in [1.82, 2.24) is 4.98 Å². The van der Waals surface area contributed by atoms with Gasteiger partial charge in [-0.1, -0.05) is 0 Å². The highest BCUT2D eigenvalue weighted by atomic mass is 35.5. The first kappa shape index (κ1) is 12.6. The average molecular weight is 251 g/mol. The lowest BCUT2D eigenvalue weighted by atomic mass is 10.1. The number of rotatable bonds is 3. The molecule has 1 heterocycles. The number of nitrogens with zero attached hydrogens (tertiary/aromatic N) is 1. The number of halogens is 3. The Morgan fingerprint density at radius 3 is 2.75 bits per heavy atom. The maximum atomic E-state index is 12.6. The van der Waals surface area contributed by atoms with Crippen molar-refractivity contribution in [3.05, 3.63) is 23.0 Å². The number of methoxy groups -OCH3 is 1. The van der Waals surface area contributed by atoms with E-state index in [-0.39, 0.29) is 22.8 Å². The van der Waals surface area contributed by atoms with E-state index in [1.54, 1.807) is 0 Å². The molecular weight excluding hydrogens is 242 g/mol. The molecule has 7 heteroatoms. The van der Waals surface area contributed by atoms with E-state index in [1.807, 2.05) is 0 Å². The SMILES string of the molecule is COC(=O)c1cc(CCl)c(N)c(C(F)F)n1. The van der Waals surface area contributed by atoms with Crippen LogP contribution in [0.3, 0.4) is 0 Å². The smallest absolute Gasteiger partial charge is 0.356 e. The summed E-state index contributed by atoms with van der Waals surface area (Å²) in [7, 11) is 1.13. The summed E-state index contributed by atoms with van der Waals surface area (Å²) in [5.74, 6) is -0.897. The van der Waals surface area contributed by atoms with Gasteiger partial charge in [-0.05, 0) is 11.6 Å². The number of pyridine rings is 1. The van der Waals surface area contributed by atoms with Crippen LogP contribution in [0.25, 0.3) is 0 Å². The van der Waals surface area contributed by atoms with E-state index in [4.69, 9.17) is 17.3 Å². The lowest BCUT2D eigenvalue weighted by Gasteiger charge is -2.09. The van der Waals surface area contributed by atoms with E-state index in [9.17, 15) is 13.6 Å². The Balaban J connectivity index is 3.34. The Labute approximate surface area is 95.4 Å². The number of hydrogen-bond acceptors (Lipinski definition) is 4. The molecule has 1 rings (SSSR count). The maximum Gasteiger partial charge on any atom is 0.356 e. The van der Waals surface area contributed by atoms with E-state index in [1.165, 1.54) is 6.07 Å². The largest absolute Gasteiger partial charge is 0.464 e. The van der Waals surface area contributed by atoms with E-state index < -0.39 is 18.1 Å². The second-order valence-electron chi connectivity index (χ2n) is 2.89. The number of anilines is 1. The van der Waals surface area contributed by atoms with Crippen molar-refractivity contribution < 1.29 is 18.3 Å². The molecule has 0 bridgehead atoms. The highest BCUT2D eigenvalue weighted by Crippen LogP contribution is 2.27. The lowest BCUT2D eigenvalue weighted by molar-refractivity contribution is 0.0592. The fourth-order valence-corrected chi connectivity index (χ4v) is 1.34. The third-order valence-electron chi connectivity index (χ3n) is 1.92. The number of aromatic nitrogens is 1.